The van der Waals surface area contributed by atoms with E-state index in [0.717, 1.165) is 16.1 Å². The van der Waals surface area contributed by atoms with Crippen molar-refractivity contribution in [3.8, 4) is 5.75 Å². The Hall–Kier alpha value is -2.54. The molecule has 0 saturated carbocycles. The molecule has 0 aromatic heterocycles. The van der Waals surface area contributed by atoms with Crippen LogP contribution in [0.25, 0.3) is 0 Å². The Bertz CT molecular complexity index is 834. The van der Waals surface area contributed by atoms with Crippen LogP contribution in [0.3, 0.4) is 0 Å². The maximum atomic E-state index is 12.3. The molecule has 128 valence electrons. The van der Waals surface area contributed by atoms with Crippen LogP contribution in [0.5, 0.6) is 5.75 Å². The molecule has 0 radical (unpaired) electrons. The Labute approximate surface area is 142 Å². The molecule has 0 aliphatic carbocycles. The number of amides is 1. The summed E-state index contributed by atoms with van der Waals surface area (Å²) < 4.78 is 30.5. The number of anilines is 2. The largest absolute Gasteiger partial charge is 0.495 e. The molecule has 2 rings (SSSR count). The fourth-order valence-electron chi connectivity index (χ4n) is 2.27. The number of nitrogens with one attached hydrogen (secondary N) is 1. The number of sulfonamides is 1. The van der Waals surface area contributed by atoms with Crippen molar-refractivity contribution in [1.29, 1.82) is 0 Å². The van der Waals surface area contributed by atoms with Gasteiger partial charge in [-0.05, 0) is 36.8 Å². The minimum absolute atomic E-state index is 0.321. The van der Waals surface area contributed by atoms with Gasteiger partial charge in [0, 0.05) is 5.69 Å². The summed E-state index contributed by atoms with van der Waals surface area (Å²) in [4.78, 5) is 12.3. The number of ether oxygens (including phenoxy) is 1. The van der Waals surface area contributed by atoms with E-state index in [1.165, 1.54) is 7.11 Å². The molecule has 2 aromatic rings. The van der Waals surface area contributed by atoms with Crippen LogP contribution in [0.15, 0.2) is 48.5 Å². The van der Waals surface area contributed by atoms with Crippen molar-refractivity contribution >= 4 is 27.3 Å². The topological polar surface area (TPSA) is 75.7 Å². The van der Waals surface area contributed by atoms with E-state index in [-0.39, 0.29) is 6.54 Å². The highest BCUT2D eigenvalue weighted by Crippen LogP contribution is 2.29. The Balaban J connectivity index is 2.25. The number of carbonyl (C=O) groups is 1. The SMILES string of the molecule is COc1ccccc1N(CC(=O)Nc1cccc(C)c1)S(C)(=O)=O. The number of methoxy groups -OCH3 is 1. The lowest BCUT2D eigenvalue weighted by Crippen LogP contribution is -2.37. The van der Waals surface area contributed by atoms with Crippen LogP contribution >= 0.6 is 0 Å². The molecule has 0 bridgehead atoms. The Kier molecular flexibility index (Phi) is 5.46. The van der Waals surface area contributed by atoms with Crippen molar-refractivity contribution in [2.45, 2.75) is 6.92 Å². The van der Waals surface area contributed by atoms with Crippen molar-refractivity contribution in [2.24, 2.45) is 0 Å². The molecule has 0 saturated heterocycles. The number of para-hydroxylation sites is 2. The van der Waals surface area contributed by atoms with Gasteiger partial charge in [-0.15, -0.1) is 0 Å². The number of hydrogen-bond acceptors (Lipinski definition) is 4. The number of carbonyl (C=O) groups excluding carboxylic acids is 1. The lowest BCUT2D eigenvalue weighted by Gasteiger charge is -2.23. The van der Waals surface area contributed by atoms with Crippen molar-refractivity contribution in [1.82, 2.24) is 0 Å². The van der Waals surface area contributed by atoms with Gasteiger partial charge in [-0.3, -0.25) is 9.10 Å². The maximum Gasteiger partial charge on any atom is 0.245 e. The third-order valence-corrected chi connectivity index (χ3v) is 4.47. The average Bonchev–Trinajstić information content (AvgIpc) is 2.51. The van der Waals surface area contributed by atoms with Crippen LogP contribution < -0.4 is 14.4 Å². The normalized spacial score (nSPS) is 11.0. The van der Waals surface area contributed by atoms with Gasteiger partial charge in [0.15, 0.2) is 0 Å². The van der Waals surface area contributed by atoms with Gasteiger partial charge in [0.25, 0.3) is 0 Å². The molecule has 0 fully saturated rings. The zero-order valence-electron chi connectivity index (χ0n) is 13.8. The van der Waals surface area contributed by atoms with E-state index in [1.807, 2.05) is 25.1 Å². The molecule has 0 aliphatic heterocycles. The van der Waals surface area contributed by atoms with Gasteiger partial charge in [-0.25, -0.2) is 8.42 Å². The van der Waals surface area contributed by atoms with E-state index >= 15 is 0 Å². The van der Waals surface area contributed by atoms with Crippen molar-refractivity contribution in [3.05, 3.63) is 54.1 Å². The Morgan fingerprint density at radius 3 is 2.50 bits per heavy atom. The standard InChI is InChI=1S/C17H20N2O4S/c1-13-7-6-8-14(11-13)18-17(20)12-19(24(3,21)22)15-9-4-5-10-16(15)23-2/h4-11H,12H2,1-3H3,(H,18,20). The van der Waals surface area contributed by atoms with Crippen molar-refractivity contribution < 1.29 is 17.9 Å². The number of nitrogens with zero attached hydrogens (tertiary/aromatic N) is 1. The van der Waals surface area contributed by atoms with Crippen LogP contribution in [0.1, 0.15) is 5.56 Å². The van der Waals surface area contributed by atoms with Gasteiger partial charge >= 0.3 is 0 Å². The average molecular weight is 348 g/mol. The minimum atomic E-state index is -3.65. The van der Waals surface area contributed by atoms with E-state index in [0.29, 0.717) is 17.1 Å². The Morgan fingerprint density at radius 1 is 1.17 bits per heavy atom. The quantitative estimate of drug-likeness (QED) is 0.870. The summed E-state index contributed by atoms with van der Waals surface area (Å²) in [5.74, 6) is -0.0526. The van der Waals surface area contributed by atoms with Gasteiger partial charge in [0.2, 0.25) is 15.9 Å². The summed E-state index contributed by atoms with van der Waals surface area (Å²) in [6, 6.07) is 14.0. The first-order valence-corrected chi connectivity index (χ1v) is 9.13. The van der Waals surface area contributed by atoms with E-state index < -0.39 is 15.9 Å². The Morgan fingerprint density at radius 2 is 1.88 bits per heavy atom. The van der Waals surface area contributed by atoms with E-state index in [9.17, 15) is 13.2 Å². The smallest absolute Gasteiger partial charge is 0.245 e. The van der Waals surface area contributed by atoms with Crippen LogP contribution in [-0.4, -0.2) is 34.2 Å². The highest BCUT2D eigenvalue weighted by atomic mass is 32.2. The molecule has 0 unspecified atom stereocenters. The molecule has 1 N–H and O–H groups in total. The molecule has 7 heteroatoms. The number of hydrogen-bond donors (Lipinski definition) is 1. The third kappa shape index (κ3) is 4.48. The monoisotopic (exact) mass is 348 g/mol. The van der Waals surface area contributed by atoms with Gasteiger partial charge in [0.1, 0.15) is 12.3 Å². The molecule has 24 heavy (non-hydrogen) atoms. The molecular formula is C17H20N2O4S. The van der Waals surface area contributed by atoms with Gasteiger partial charge in [0.05, 0.1) is 19.1 Å². The molecule has 1 amide bonds. The van der Waals surface area contributed by atoms with Crippen molar-refractivity contribution in [3.63, 3.8) is 0 Å². The fourth-order valence-corrected chi connectivity index (χ4v) is 3.13. The lowest BCUT2D eigenvalue weighted by atomic mass is 10.2. The summed E-state index contributed by atoms with van der Waals surface area (Å²) >= 11 is 0. The zero-order valence-corrected chi connectivity index (χ0v) is 14.6. The first kappa shape index (κ1) is 17.8. The highest BCUT2D eigenvalue weighted by molar-refractivity contribution is 7.92. The maximum absolute atomic E-state index is 12.3. The summed E-state index contributed by atoms with van der Waals surface area (Å²) in [6.07, 6.45) is 1.05. The highest BCUT2D eigenvalue weighted by Gasteiger charge is 2.23. The second kappa shape index (κ2) is 7.35. The fraction of sp³-hybridized carbons (Fsp3) is 0.235. The third-order valence-electron chi connectivity index (χ3n) is 3.34. The second-order valence-electron chi connectivity index (χ2n) is 5.36. The van der Waals surface area contributed by atoms with E-state index in [4.69, 9.17) is 4.74 Å². The number of rotatable bonds is 6. The van der Waals surface area contributed by atoms with Gasteiger partial charge in [-0.2, -0.15) is 0 Å². The second-order valence-corrected chi connectivity index (χ2v) is 7.27. The summed E-state index contributed by atoms with van der Waals surface area (Å²) in [5, 5.41) is 2.71. The van der Waals surface area contributed by atoms with E-state index in [1.54, 1.807) is 30.3 Å². The first-order chi connectivity index (χ1) is 11.3. The molecule has 0 atom stereocenters. The van der Waals surface area contributed by atoms with Gasteiger partial charge < -0.3 is 10.1 Å². The van der Waals surface area contributed by atoms with Gasteiger partial charge in [-0.1, -0.05) is 24.3 Å². The molecule has 0 aliphatic rings. The van der Waals surface area contributed by atoms with Crippen LogP contribution in [0, 0.1) is 6.92 Å². The zero-order chi connectivity index (χ0) is 17.7. The molecule has 0 spiro atoms. The van der Waals surface area contributed by atoms with Crippen LogP contribution in [0.4, 0.5) is 11.4 Å². The minimum Gasteiger partial charge on any atom is -0.495 e. The molecule has 2 aromatic carbocycles. The van der Waals surface area contributed by atoms with E-state index in [2.05, 4.69) is 5.32 Å². The number of benzene rings is 2. The van der Waals surface area contributed by atoms with Crippen LogP contribution in [0.2, 0.25) is 0 Å². The number of aryl methyl sites for hydroxylation is 1. The summed E-state index contributed by atoms with van der Waals surface area (Å²) in [6.45, 7) is 1.57. The lowest BCUT2D eigenvalue weighted by molar-refractivity contribution is -0.114. The van der Waals surface area contributed by atoms with Crippen LogP contribution in [-0.2, 0) is 14.8 Å². The predicted octanol–water partition coefficient (Wildman–Crippen LogP) is 2.41. The van der Waals surface area contributed by atoms with Crippen molar-refractivity contribution in [2.75, 3.05) is 29.5 Å². The molecular weight excluding hydrogens is 328 g/mol. The summed E-state index contributed by atoms with van der Waals surface area (Å²) in [5.41, 5.74) is 1.94. The summed E-state index contributed by atoms with van der Waals surface area (Å²) in [7, 11) is -2.20. The first-order valence-electron chi connectivity index (χ1n) is 7.28. The molecule has 0 heterocycles. The molecule has 6 nitrogen and oxygen atoms in total. The predicted molar refractivity (Wildman–Crippen MR) is 95.0 cm³/mol.